The number of carbonyl (C=O) groups is 1. The van der Waals surface area contributed by atoms with Gasteiger partial charge in [0.2, 0.25) is 0 Å². The van der Waals surface area contributed by atoms with Crippen LogP contribution in [-0.2, 0) is 4.79 Å². The summed E-state index contributed by atoms with van der Waals surface area (Å²) < 4.78 is 4.85. The third-order valence-corrected chi connectivity index (χ3v) is 1.63. The number of hydrogen-bond acceptors (Lipinski definition) is 5. The molecule has 80 valence electrons. The maximum Gasteiger partial charge on any atom is 0.312 e. The SMILES string of the molecule is NCCC(=O)Oc1ccc([N+](=O)[O-])cc1. The van der Waals surface area contributed by atoms with E-state index in [1.807, 2.05) is 0 Å². The minimum atomic E-state index is -0.522. The third kappa shape index (κ3) is 3.35. The van der Waals surface area contributed by atoms with Gasteiger partial charge in [-0.3, -0.25) is 14.9 Å². The molecule has 1 rings (SSSR count). The molecule has 0 saturated heterocycles. The second kappa shape index (κ2) is 5.06. The number of rotatable bonds is 4. The molecule has 0 atom stereocenters. The number of benzene rings is 1. The molecule has 0 aromatic heterocycles. The molecule has 0 spiro atoms. The molecular weight excluding hydrogens is 200 g/mol. The summed E-state index contributed by atoms with van der Waals surface area (Å²) in [4.78, 5) is 20.8. The highest BCUT2D eigenvalue weighted by atomic mass is 16.6. The van der Waals surface area contributed by atoms with E-state index in [2.05, 4.69) is 0 Å². The molecule has 2 N–H and O–H groups in total. The lowest BCUT2D eigenvalue weighted by Crippen LogP contribution is -2.13. The Morgan fingerprint density at radius 2 is 2.00 bits per heavy atom. The van der Waals surface area contributed by atoms with Crippen LogP contribution in [0.1, 0.15) is 6.42 Å². The second-order valence-corrected chi connectivity index (χ2v) is 2.76. The van der Waals surface area contributed by atoms with E-state index < -0.39 is 10.9 Å². The number of nitrogens with zero attached hydrogens (tertiary/aromatic N) is 1. The Morgan fingerprint density at radius 1 is 1.40 bits per heavy atom. The topological polar surface area (TPSA) is 95.5 Å². The van der Waals surface area contributed by atoms with E-state index in [4.69, 9.17) is 10.5 Å². The zero-order chi connectivity index (χ0) is 11.3. The molecule has 0 aliphatic rings. The van der Waals surface area contributed by atoms with Crippen molar-refractivity contribution in [2.24, 2.45) is 5.73 Å². The average molecular weight is 210 g/mol. The van der Waals surface area contributed by atoms with Crippen molar-refractivity contribution in [1.29, 1.82) is 0 Å². The lowest BCUT2D eigenvalue weighted by atomic mass is 10.3. The maximum atomic E-state index is 11.0. The highest BCUT2D eigenvalue weighted by molar-refractivity contribution is 5.72. The van der Waals surface area contributed by atoms with E-state index in [0.29, 0.717) is 0 Å². The van der Waals surface area contributed by atoms with Gasteiger partial charge in [0.05, 0.1) is 11.3 Å². The van der Waals surface area contributed by atoms with Crippen LogP contribution in [0.15, 0.2) is 24.3 Å². The minimum absolute atomic E-state index is 0.0476. The molecule has 0 bridgehead atoms. The summed E-state index contributed by atoms with van der Waals surface area (Å²) in [6, 6.07) is 5.27. The first-order valence-corrected chi connectivity index (χ1v) is 4.28. The normalized spacial score (nSPS) is 9.67. The Kier molecular flexibility index (Phi) is 3.75. The Hall–Kier alpha value is -1.95. The molecular formula is C9H10N2O4. The number of nitro groups is 1. The highest BCUT2D eigenvalue weighted by Crippen LogP contribution is 2.17. The summed E-state index contributed by atoms with van der Waals surface area (Å²) in [7, 11) is 0. The molecule has 6 heteroatoms. The monoisotopic (exact) mass is 210 g/mol. The van der Waals surface area contributed by atoms with Crippen molar-refractivity contribution in [2.75, 3.05) is 6.54 Å². The van der Waals surface area contributed by atoms with Crippen molar-refractivity contribution >= 4 is 11.7 Å². The van der Waals surface area contributed by atoms with Gasteiger partial charge >= 0.3 is 5.97 Å². The first-order valence-electron chi connectivity index (χ1n) is 4.28. The quantitative estimate of drug-likeness (QED) is 0.344. The standard InChI is InChI=1S/C9H10N2O4/c10-6-5-9(12)15-8-3-1-7(2-4-8)11(13)14/h1-4H,5-6,10H2. The molecule has 0 saturated carbocycles. The van der Waals surface area contributed by atoms with Crippen LogP contribution >= 0.6 is 0 Å². The van der Waals surface area contributed by atoms with E-state index in [9.17, 15) is 14.9 Å². The van der Waals surface area contributed by atoms with Crippen LogP contribution in [0, 0.1) is 10.1 Å². The predicted octanol–water partition coefficient (Wildman–Crippen LogP) is 0.849. The number of nitro benzene ring substituents is 1. The third-order valence-electron chi connectivity index (χ3n) is 1.63. The summed E-state index contributed by atoms with van der Waals surface area (Å²) in [6.07, 6.45) is 0.122. The van der Waals surface area contributed by atoms with Gasteiger partial charge in [-0.2, -0.15) is 0 Å². The number of nitrogens with two attached hydrogens (primary N) is 1. The number of ether oxygens (including phenoxy) is 1. The van der Waals surface area contributed by atoms with Gasteiger partial charge in [0.25, 0.3) is 5.69 Å². The van der Waals surface area contributed by atoms with Gasteiger partial charge in [0.1, 0.15) is 5.75 Å². The average Bonchev–Trinajstić information content (AvgIpc) is 2.18. The van der Waals surface area contributed by atoms with E-state index in [1.54, 1.807) is 0 Å². The first kappa shape index (κ1) is 11.1. The number of carbonyl (C=O) groups excluding carboxylic acids is 1. The van der Waals surface area contributed by atoms with Gasteiger partial charge in [-0.1, -0.05) is 0 Å². The lowest BCUT2D eigenvalue weighted by molar-refractivity contribution is -0.384. The van der Waals surface area contributed by atoms with E-state index >= 15 is 0 Å². The Morgan fingerprint density at radius 3 is 2.47 bits per heavy atom. The summed E-state index contributed by atoms with van der Waals surface area (Å²) in [5, 5.41) is 10.3. The fourth-order valence-corrected chi connectivity index (χ4v) is 0.936. The van der Waals surface area contributed by atoms with Crippen LogP contribution in [0.5, 0.6) is 5.75 Å². The van der Waals surface area contributed by atoms with Gasteiger partial charge in [0.15, 0.2) is 0 Å². The van der Waals surface area contributed by atoms with Crippen molar-refractivity contribution in [1.82, 2.24) is 0 Å². The van der Waals surface area contributed by atoms with Crippen LogP contribution in [0.3, 0.4) is 0 Å². The first-order chi connectivity index (χ1) is 7.13. The largest absolute Gasteiger partial charge is 0.426 e. The molecule has 0 amide bonds. The highest BCUT2D eigenvalue weighted by Gasteiger charge is 2.07. The maximum absolute atomic E-state index is 11.0. The van der Waals surface area contributed by atoms with E-state index in [0.717, 1.165) is 0 Å². The molecule has 0 unspecified atom stereocenters. The molecule has 0 heterocycles. The van der Waals surface area contributed by atoms with Crippen molar-refractivity contribution < 1.29 is 14.5 Å². The lowest BCUT2D eigenvalue weighted by Gasteiger charge is -2.02. The molecule has 1 aromatic carbocycles. The van der Waals surface area contributed by atoms with Gasteiger partial charge in [0, 0.05) is 18.7 Å². The predicted molar refractivity (Wildman–Crippen MR) is 52.4 cm³/mol. The fraction of sp³-hybridized carbons (Fsp3) is 0.222. The van der Waals surface area contributed by atoms with E-state index in [1.165, 1.54) is 24.3 Å². The molecule has 0 aliphatic heterocycles. The Bertz CT molecular complexity index is 361. The fourth-order valence-electron chi connectivity index (χ4n) is 0.936. The van der Waals surface area contributed by atoms with E-state index in [-0.39, 0.29) is 24.4 Å². The molecule has 0 fully saturated rings. The van der Waals surface area contributed by atoms with Gasteiger partial charge < -0.3 is 10.5 Å². The molecule has 15 heavy (non-hydrogen) atoms. The summed E-state index contributed by atoms with van der Waals surface area (Å²) in [5.41, 5.74) is 5.11. The van der Waals surface area contributed by atoms with Crippen LogP contribution < -0.4 is 10.5 Å². The van der Waals surface area contributed by atoms with Gasteiger partial charge in [-0.15, -0.1) is 0 Å². The zero-order valence-corrected chi connectivity index (χ0v) is 7.88. The van der Waals surface area contributed by atoms with Gasteiger partial charge in [-0.05, 0) is 12.1 Å². The smallest absolute Gasteiger partial charge is 0.312 e. The van der Waals surface area contributed by atoms with Crippen LogP contribution in [-0.4, -0.2) is 17.4 Å². The molecule has 0 aliphatic carbocycles. The van der Waals surface area contributed by atoms with Gasteiger partial charge in [-0.25, -0.2) is 0 Å². The van der Waals surface area contributed by atoms with Crippen molar-refractivity contribution in [3.05, 3.63) is 34.4 Å². The summed E-state index contributed by atoms with van der Waals surface area (Å²) in [6.45, 7) is 0.214. The Labute approximate surface area is 85.8 Å². The van der Waals surface area contributed by atoms with Crippen LogP contribution in [0.4, 0.5) is 5.69 Å². The molecule has 0 radical (unpaired) electrons. The molecule has 1 aromatic rings. The number of hydrogen-bond donors (Lipinski definition) is 1. The zero-order valence-electron chi connectivity index (χ0n) is 7.88. The summed E-state index contributed by atoms with van der Waals surface area (Å²) in [5.74, 6) is -0.176. The van der Waals surface area contributed by atoms with Crippen molar-refractivity contribution in [3.63, 3.8) is 0 Å². The number of esters is 1. The Balaban J connectivity index is 2.64. The van der Waals surface area contributed by atoms with Crippen LogP contribution in [0.25, 0.3) is 0 Å². The minimum Gasteiger partial charge on any atom is -0.426 e. The molecule has 6 nitrogen and oxygen atoms in total. The van der Waals surface area contributed by atoms with Crippen LogP contribution in [0.2, 0.25) is 0 Å². The van der Waals surface area contributed by atoms with Crippen molar-refractivity contribution in [3.8, 4) is 5.75 Å². The van der Waals surface area contributed by atoms with Crippen molar-refractivity contribution in [2.45, 2.75) is 6.42 Å². The second-order valence-electron chi connectivity index (χ2n) is 2.76. The number of non-ortho nitro benzene ring substituents is 1. The summed E-state index contributed by atoms with van der Waals surface area (Å²) >= 11 is 0.